The van der Waals surface area contributed by atoms with Crippen molar-refractivity contribution in [2.75, 3.05) is 26.7 Å². The summed E-state index contributed by atoms with van der Waals surface area (Å²) in [5.74, 6) is 2.68. The Labute approximate surface area is 68.4 Å². The van der Waals surface area contributed by atoms with Gasteiger partial charge in [-0.15, -0.1) is 6.42 Å². The fourth-order valence-electron chi connectivity index (χ4n) is 1.89. The molecule has 2 heteroatoms. The van der Waals surface area contributed by atoms with E-state index in [1.54, 1.807) is 0 Å². The Morgan fingerprint density at radius 3 is 3.00 bits per heavy atom. The van der Waals surface area contributed by atoms with Gasteiger partial charge in [-0.3, -0.25) is 0 Å². The van der Waals surface area contributed by atoms with E-state index < -0.39 is 0 Å². The van der Waals surface area contributed by atoms with Crippen molar-refractivity contribution < 1.29 is 9.59 Å². The zero-order chi connectivity index (χ0) is 8.32. The monoisotopic (exact) mass is 154 g/mol. The number of aliphatic hydroxyl groups is 1. The highest BCUT2D eigenvalue weighted by Gasteiger charge is 2.36. The molecule has 1 rings (SSSR count). The summed E-state index contributed by atoms with van der Waals surface area (Å²) in [7, 11) is 2.13. The number of aliphatic hydroxyl groups excluding tert-OH is 1. The van der Waals surface area contributed by atoms with Crippen molar-refractivity contribution in [2.24, 2.45) is 0 Å². The third-order valence-electron chi connectivity index (χ3n) is 2.75. The van der Waals surface area contributed by atoms with Crippen LogP contribution in [0.15, 0.2) is 0 Å². The second kappa shape index (κ2) is 3.25. The van der Waals surface area contributed by atoms with Gasteiger partial charge in [-0.05, 0) is 5.92 Å². The highest BCUT2D eigenvalue weighted by Crippen LogP contribution is 2.23. The molecule has 0 bridgehead atoms. The molecule has 1 aliphatic heterocycles. The average Bonchev–Trinajstić information content (AvgIpc) is 2.31. The zero-order valence-electron chi connectivity index (χ0n) is 7.08. The van der Waals surface area contributed by atoms with Crippen molar-refractivity contribution in [2.45, 2.75) is 18.9 Å². The largest absolute Gasteiger partial charge is 0.390 e. The van der Waals surface area contributed by atoms with E-state index in [1.807, 2.05) is 0 Å². The number of terminal acetylenes is 1. The maximum Gasteiger partial charge on any atom is 0.140 e. The van der Waals surface area contributed by atoms with Crippen LogP contribution in [0, 0.1) is 12.3 Å². The fourth-order valence-corrected chi connectivity index (χ4v) is 1.89. The molecule has 0 saturated carbocycles. The molecule has 0 aromatic carbocycles. The van der Waals surface area contributed by atoms with Gasteiger partial charge >= 0.3 is 0 Å². The van der Waals surface area contributed by atoms with E-state index in [0.29, 0.717) is 6.04 Å². The molecule has 1 saturated heterocycles. The van der Waals surface area contributed by atoms with Gasteiger partial charge in [0, 0.05) is 12.8 Å². The van der Waals surface area contributed by atoms with Gasteiger partial charge in [-0.2, -0.15) is 0 Å². The van der Waals surface area contributed by atoms with Crippen molar-refractivity contribution in [1.82, 2.24) is 0 Å². The molecule has 2 nitrogen and oxygen atoms in total. The van der Waals surface area contributed by atoms with Crippen LogP contribution in [0.3, 0.4) is 0 Å². The summed E-state index contributed by atoms with van der Waals surface area (Å²) in [5.41, 5.74) is 0. The van der Waals surface area contributed by atoms with Crippen LogP contribution in [0.1, 0.15) is 12.8 Å². The van der Waals surface area contributed by atoms with Gasteiger partial charge in [0.25, 0.3) is 0 Å². The van der Waals surface area contributed by atoms with Crippen molar-refractivity contribution >= 4 is 0 Å². The molecule has 1 heterocycles. The molecular formula is C9H16NO+. The normalized spacial score (nSPS) is 37.0. The Morgan fingerprint density at radius 1 is 1.73 bits per heavy atom. The number of likely N-dealkylation sites (tertiary alicyclic amines) is 1. The fraction of sp³-hybridized carbons (Fsp3) is 0.778. The Kier molecular flexibility index (Phi) is 2.53. The molecule has 1 N–H and O–H groups in total. The van der Waals surface area contributed by atoms with Crippen LogP contribution >= 0.6 is 0 Å². The molecule has 0 radical (unpaired) electrons. The SMILES string of the molecule is C#CC[N+]1(C)CCC[C@H]1CO. The Balaban J connectivity index is 2.60. The van der Waals surface area contributed by atoms with Crippen LogP contribution in [0.2, 0.25) is 0 Å². The minimum Gasteiger partial charge on any atom is -0.390 e. The summed E-state index contributed by atoms with van der Waals surface area (Å²) in [5, 5.41) is 9.04. The van der Waals surface area contributed by atoms with Crippen LogP contribution in [0.5, 0.6) is 0 Å². The first-order chi connectivity index (χ1) is 5.23. The number of hydrogen-bond acceptors (Lipinski definition) is 1. The van der Waals surface area contributed by atoms with Crippen molar-refractivity contribution in [3.8, 4) is 12.3 Å². The lowest BCUT2D eigenvalue weighted by Gasteiger charge is -2.33. The molecule has 0 aromatic heterocycles. The van der Waals surface area contributed by atoms with Crippen LogP contribution in [-0.2, 0) is 0 Å². The van der Waals surface area contributed by atoms with Crippen molar-refractivity contribution in [1.29, 1.82) is 0 Å². The summed E-state index contributed by atoms with van der Waals surface area (Å²) in [4.78, 5) is 0. The first-order valence-electron chi connectivity index (χ1n) is 4.11. The number of hydrogen-bond donors (Lipinski definition) is 1. The number of nitrogens with zero attached hydrogens (tertiary/aromatic N) is 1. The summed E-state index contributed by atoms with van der Waals surface area (Å²) >= 11 is 0. The van der Waals surface area contributed by atoms with Gasteiger partial charge in [0.15, 0.2) is 0 Å². The topological polar surface area (TPSA) is 20.2 Å². The zero-order valence-corrected chi connectivity index (χ0v) is 7.08. The van der Waals surface area contributed by atoms with Gasteiger partial charge in [0.2, 0.25) is 0 Å². The Bertz CT molecular complexity index is 173. The predicted octanol–water partition coefficient (Wildman–Crippen LogP) is 0.221. The maximum absolute atomic E-state index is 9.04. The predicted molar refractivity (Wildman–Crippen MR) is 44.9 cm³/mol. The maximum atomic E-state index is 9.04. The van der Waals surface area contributed by atoms with Crippen molar-refractivity contribution in [3.63, 3.8) is 0 Å². The summed E-state index contributed by atoms with van der Waals surface area (Å²) in [6.07, 6.45) is 7.58. The Morgan fingerprint density at radius 2 is 2.45 bits per heavy atom. The summed E-state index contributed by atoms with van der Waals surface area (Å²) < 4.78 is 0.868. The van der Waals surface area contributed by atoms with Crippen LogP contribution in [0.4, 0.5) is 0 Å². The molecule has 0 amide bonds. The number of likely N-dealkylation sites (N-methyl/N-ethyl adjacent to an activating group) is 1. The van der Waals surface area contributed by atoms with E-state index in [2.05, 4.69) is 13.0 Å². The third-order valence-corrected chi connectivity index (χ3v) is 2.75. The van der Waals surface area contributed by atoms with E-state index >= 15 is 0 Å². The molecule has 1 fully saturated rings. The van der Waals surface area contributed by atoms with Crippen LogP contribution in [0.25, 0.3) is 0 Å². The lowest BCUT2D eigenvalue weighted by molar-refractivity contribution is -0.914. The molecule has 2 atom stereocenters. The first kappa shape index (κ1) is 8.58. The minimum atomic E-state index is 0.276. The number of quaternary nitrogens is 1. The van der Waals surface area contributed by atoms with Gasteiger partial charge in [-0.1, -0.05) is 0 Å². The molecule has 62 valence electrons. The van der Waals surface area contributed by atoms with Gasteiger partial charge in [0.05, 0.1) is 20.2 Å². The van der Waals surface area contributed by atoms with E-state index in [9.17, 15) is 0 Å². The molecule has 1 unspecified atom stereocenters. The highest BCUT2D eigenvalue weighted by atomic mass is 16.3. The van der Waals surface area contributed by atoms with Gasteiger partial charge in [0.1, 0.15) is 12.6 Å². The standard InChI is InChI=1S/C9H16NO/c1-3-6-10(2)7-4-5-9(10)8-11/h1,9,11H,4-8H2,2H3/q+1/t9-,10?/m0/s1. The molecule has 0 aromatic rings. The molecule has 11 heavy (non-hydrogen) atoms. The lowest BCUT2D eigenvalue weighted by atomic mass is 10.2. The van der Waals surface area contributed by atoms with Crippen molar-refractivity contribution in [3.05, 3.63) is 0 Å². The molecule has 0 spiro atoms. The molecule has 0 aliphatic carbocycles. The second-order valence-electron chi connectivity index (χ2n) is 3.54. The van der Waals surface area contributed by atoms with Gasteiger partial charge < -0.3 is 9.59 Å². The summed E-state index contributed by atoms with van der Waals surface area (Å²) in [6.45, 7) is 2.15. The highest BCUT2D eigenvalue weighted by molar-refractivity contribution is 4.85. The summed E-state index contributed by atoms with van der Waals surface area (Å²) in [6, 6.07) is 0.381. The van der Waals surface area contributed by atoms with E-state index in [1.165, 1.54) is 6.42 Å². The van der Waals surface area contributed by atoms with Crippen LogP contribution < -0.4 is 0 Å². The third kappa shape index (κ3) is 1.55. The van der Waals surface area contributed by atoms with E-state index in [-0.39, 0.29) is 6.61 Å². The quantitative estimate of drug-likeness (QED) is 0.445. The van der Waals surface area contributed by atoms with E-state index in [4.69, 9.17) is 11.5 Å². The molecule has 1 aliphatic rings. The minimum absolute atomic E-state index is 0.276. The first-order valence-corrected chi connectivity index (χ1v) is 4.11. The van der Waals surface area contributed by atoms with Gasteiger partial charge in [-0.25, -0.2) is 0 Å². The van der Waals surface area contributed by atoms with Crippen LogP contribution in [-0.4, -0.2) is 42.4 Å². The average molecular weight is 154 g/mol. The van der Waals surface area contributed by atoms with E-state index in [0.717, 1.165) is 24.0 Å². The molecular weight excluding hydrogens is 138 g/mol. The Hall–Kier alpha value is -0.520. The lowest BCUT2D eigenvalue weighted by Crippen LogP contribution is -2.49. The smallest absolute Gasteiger partial charge is 0.140 e. The number of rotatable bonds is 2. The second-order valence-corrected chi connectivity index (χ2v) is 3.54.